The van der Waals surface area contributed by atoms with Crippen molar-refractivity contribution >= 4 is 11.9 Å². The molecule has 23 heavy (non-hydrogen) atoms. The van der Waals surface area contributed by atoms with Gasteiger partial charge in [-0.1, -0.05) is 52.9 Å². The van der Waals surface area contributed by atoms with E-state index in [2.05, 4.69) is 20.8 Å². The van der Waals surface area contributed by atoms with Crippen molar-refractivity contribution in [2.24, 2.45) is 5.92 Å². The van der Waals surface area contributed by atoms with Gasteiger partial charge in [-0.3, -0.25) is 9.59 Å². The average Bonchev–Trinajstić information content (AvgIpc) is 2.49. The largest absolute Gasteiger partial charge is 0.466 e. The van der Waals surface area contributed by atoms with Crippen molar-refractivity contribution < 1.29 is 19.1 Å². The zero-order valence-corrected chi connectivity index (χ0v) is 15.4. The number of esters is 2. The van der Waals surface area contributed by atoms with E-state index in [4.69, 9.17) is 9.47 Å². The van der Waals surface area contributed by atoms with Crippen LogP contribution in [-0.2, 0) is 19.1 Å². The Labute approximate surface area is 142 Å². The Balaban J connectivity index is 3.26. The first-order valence-corrected chi connectivity index (χ1v) is 9.37. The summed E-state index contributed by atoms with van der Waals surface area (Å²) in [6.45, 7) is 7.43. The van der Waals surface area contributed by atoms with E-state index in [1.807, 2.05) is 0 Å². The second kappa shape index (κ2) is 15.8. The molecule has 0 amide bonds. The number of rotatable bonds is 15. The molecule has 0 atom stereocenters. The molecule has 4 nitrogen and oxygen atoms in total. The summed E-state index contributed by atoms with van der Waals surface area (Å²) in [7, 11) is 0. The van der Waals surface area contributed by atoms with Gasteiger partial charge in [-0.05, 0) is 31.6 Å². The molecule has 0 rings (SSSR count). The van der Waals surface area contributed by atoms with Crippen molar-refractivity contribution in [3.63, 3.8) is 0 Å². The zero-order chi connectivity index (χ0) is 17.3. The van der Waals surface area contributed by atoms with Gasteiger partial charge >= 0.3 is 11.9 Å². The first kappa shape index (κ1) is 21.9. The fraction of sp³-hybridized carbons (Fsp3) is 0.895. The predicted octanol–water partition coefficient (Wildman–Crippen LogP) is 5.04. The van der Waals surface area contributed by atoms with Crippen LogP contribution in [0.25, 0.3) is 0 Å². The summed E-state index contributed by atoms with van der Waals surface area (Å²) in [5.41, 5.74) is 0. The SMILES string of the molecule is CCCCOC(=O)CCCCCCCCC(=O)OCCC(C)C. The summed E-state index contributed by atoms with van der Waals surface area (Å²) in [5, 5.41) is 0. The third kappa shape index (κ3) is 17.1. The maximum Gasteiger partial charge on any atom is 0.305 e. The fourth-order valence-electron chi connectivity index (χ4n) is 2.13. The highest BCUT2D eigenvalue weighted by molar-refractivity contribution is 5.69. The molecule has 0 aromatic heterocycles. The van der Waals surface area contributed by atoms with Crippen LogP contribution in [0.3, 0.4) is 0 Å². The Kier molecular flexibility index (Phi) is 15.1. The van der Waals surface area contributed by atoms with E-state index >= 15 is 0 Å². The van der Waals surface area contributed by atoms with Crippen LogP contribution in [-0.4, -0.2) is 25.2 Å². The highest BCUT2D eigenvalue weighted by atomic mass is 16.5. The van der Waals surface area contributed by atoms with E-state index in [-0.39, 0.29) is 11.9 Å². The zero-order valence-electron chi connectivity index (χ0n) is 15.4. The van der Waals surface area contributed by atoms with Gasteiger partial charge in [0.1, 0.15) is 0 Å². The highest BCUT2D eigenvalue weighted by Gasteiger charge is 2.04. The molecular weight excluding hydrogens is 292 g/mol. The summed E-state index contributed by atoms with van der Waals surface area (Å²) in [5.74, 6) is 0.440. The molecule has 4 heteroatoms. The molecule has 0 aliphatic heterocycles. The van der Waals surface area contributed by atoms with Gasteiger partial charge in [0.05, 0.1) is 13.2 Å². The quantitative estimate of drug-likeness (QED) is 0.312. The second-order valence-electron chi connectivity index (χ2n) is 6.60. The van der Waals surface area contributed by atoms with Crippen LogP contribution in [0.5, 0.6) is 0 Å². The lowest BCUT2D eigenvalue weighted by Gasteiger charge is -2.06. The predicted molar refractivity (Wildman–Crippen MR) is 93.2 cm³/mol. The molecule has 0 N–H and O–H groups in total. The van der Waals surface area contributed by atoms with Crippen molar-refractivity contribution in [1.29, 1.82) is 0 Å². The summed E-state index contributed by atoms with van der Waals surface area (Å²) in [6, 6.07) is 0. The number of hydrogen-bond acceptors (Lipinski definition) is 4. The molecule has 0 saturated heterocycles. The van der Waals surface area contributed by atoms with E-state index in [0.29, 0.717) is 32.0 Å². The smallest absolute Gasteiger partial charge is 0.305 e. The van der Waals surface area contributed by atoms with Gasteiger partial charge in [-0.15, -0.1) is 0 Å². The Morgan fingerprint density at radius 3 is 1.70 bits per heavy atom. The molecule has 0 aromatic carbocycles. The molecule has 0 spiro atoms. The number of ether oxygens (including phenoxy) is 2. The first-order chi connectivity index (χ1) is 11.1. The number of carbonyl (C=O) groups excluding carboxylic acids is 2. The molecule has 0 aliphatic carbocycles. The van der Waals surface area contributed by atoms with Crippen LogP contribution in [0, 0.1) is 5.92 Å². The monoisotopic (exact) mass is 328 g/mol. The molecule has 0 aliphatic rings. The minimum Gasteiger partial charge on any atom is -0.466 e. The van der Waals surface area contributed by atoms with Crippen molar-refractivity contribution in [2.45, 2.75) is 91.4 Å². The third-order valence-corrected chi connectivity index (χ3v) is 3.73. The molecule has 0 saturated carbocycles. The van der Waals surface area contributed by atoms with Crippen molar-refractivity contribution in [1.82, 2.24) is 0 Å². The van der Waals surface area contributed by atoms with Gasteiger partial charge in [0.25, 0.3) is 0 Å². The summed E-state index contributed by atoms with van der Waals surface area (Å²) < 4.78 is 10.3. The average molecular weight is 328 g/mol. The van der Waals surface area contributed by atoms with Crippen molar-refractivity contribution in [3.8, 4) is 0 Å². The first-order valence-electron chi connectivity index (χ1n) is 9.37. The standard InChI is InChI=1S/C19H36O4/c1-4-5-15-22-18(20)12-10-8-6-7-9-11-13-19(21)23-16-14-17(2)3/h17H,4-16H2,1-3H3. The molecule has 136 valence electrons. The Morgan fingerprint density at radius 1 is 0.739 bits per heavy atom. The van der Waals surface area contributed by atoms with Gasteiger partial charge in [0, 0.05) is 12.8 Å². The number of unbranched alkanes of at least 4 members (excludes halogenated alkanes) is 6. The second-order valence-corrected chi connectivity index (χ2v) is 6.60. The topological polar surface area (TPSA) is 52.6 Å². The lowest BCUT2D eigenvalue weighted by atomic mass is 10.1. The van der Waals surface area contributed by atoms with E-state index in [0.717, 1.165) is 57.8 Å². The van der Waals surface area contributed by atoms with Gasteiger partial charge < -0.3 is 9.47 Å². The van der Waals surface area contributed by atoms with E-state index in [1.165, 1.54) is 0 Å². The van der Waals surface area contributed by atoms with Gasteiger partial charge in [0.2, 0.25) is 0 Å². The summed E-state index contributed by atoms with van der Waals surface area (Å²) in [6.07, 6.45) is 10.2. The number of hydrogen-bond donors (Lipinski definition) is 0. The Bertz CT molecular complexity index is 300. The normalized spacial score (nSPS) is 10.8. The van der Waals surface area contributed by atoms with Gasteiger partial charge in [-0.2, -0.15) is 0 Å². The van der Waals surface area contributed by atoms with Crippen LogP contribution in [0.1, 0.15) is 91.4 Å². The van der Waals surface area contributed by atoms with Crippen LogP contribution in [0.4, 0.5) is 0 Å². The highest BCUT2D eigenvalue weighted by Crippen LogP contribution is 2.10. The molecule has 0 heterocycles. The Morgan fingerprint density at radius 2 is 1.22 bits per heavy atom. The van der Waals surface area contributed by atoms with E-state index < -0.39 is 0 Å². The molecule has 0 aromatic rings. The van der Waals surface area contributed by atoms with E-state index in [9.17, 15) is 9.59 Å². The molecule has 0 unspecified atom stereocenters. The van der Waals surface area contributed by atoms with Crippen molar-refractivity contribution in [3.05, 3.63) is 0 Å². The minimum absolute atomic E-state index is 0.0670. The van der Waals surface area contributed by atoms with Gasteiger partial charge in [-0.25, -0.2) is 0 Å². The number of carbonyl (C=O) groups is 2. The Hall–Kier alpha value is -1.06. The lowest BCUT2D eigenvalue weighted by Crippen LogP contribution is -2.07. The third-order valence-electron chi connectivity index (χ3n) is 3.73. The van der Waals surface area contributed by atoms with Crippen molar-refractivity contribution in [2.75, 3.05) is 13.2 Å². The molecular formula is C19H36O4. The van der Waals surface area contributed by atoms with Crippen LogP contribution < -0.4 is 0 Å². The molecule has 0 radical (unpaired) electrons. The maximum atomic E-state index is 11.5. The van der Waals surface area contributed by atoms with Crippen LogP contribution in [0.2, 0.25) is 0 Å². The molecule has 0 bridgehead atoms. The van der Waals surface area contributed by atoms with E-state index in [1.54, 1.807) is 0 Å². The molecule has 0 fully saturated rings. The fourth-order valence-corrected chi connectivity index (χ4v) is 2.13. The van der Waals surface area contributed by atoms with Crippen LogP contribution >= 0.6 is 0 Å². The van der Waals surface area contributed by atoms with Gasteiger partial charge in [0.15, 0.2) is 0 Å². The summed E-state index contributed by atoms with van der Waals surface area (Å²) >= 11 is 0. The lowest BCUT2D eigenvalue weighted by molar-refractivity contribution is -0.145. The maximum absolute atomic E-state index is 11.5. The van der Waals surface area contributed by atoms with Crippen LogP contribution in [0.15, 0.2) is 0 Å². The summed E-state index contributed by atoms with van der Waals surface area (Å²) in [4.78, 5) is 22.9. The minimum atomic E-state index is -0.0690.